The standard InChI is InChI=1S/C31H29ClFN7O3.C6H12FN/c1-17(2)29-35-23(43-38-29)11-12-24(41)40-15-18(16-40)14-39(3)30-21-13-34-27(26(33)28(21)36-31(37-30)42-4)20-9-5-7-19-8-6-10-22(32)25(19)20;1-2-6-3-5(7)4-8-6/h5-13,17-18H,14-16H2,1-4H3;5-6,8H,2-4H2,1H3/b12-11+;. The number of halogens is 3. The number of aromatic nitrogens is 5. The molecule has 14 heteroatoms. The number of carbonyl (C=O) groups excluding carboxylic acids is 1. The van der Waals surface area contributed by atoms with Crippen molar-refractivity contribution in [1.29, 1.82) is 0 Å². The number of alkyl halides is 1. The van der Waals surface area contributed by atoms with E-state index in [0.717, 1.165) is 18.2 Å². The summed E-state index contributed by atoms with van der Waals surface area (Å²) < 4.78 is 39.0. The van der Waals surface area contributed by atoms with E-state index in [0.29, 0.717) is 71.1 Å². The van der Waals surface area contributed by atoms with E-state index in [1.165, 1.54) is 19.3 Å². The Balaban J connectivity index is 0.000000495. The first-order valence-corrected chi connectivity index (χ1v) is 17.4. The summed E-state index contributed by atoms with van der Waals surface area (Å²) in [5, 5.41) is 9.53. The average molecular weight is 719 g/mol. The Morgan fingerprint density at radius 1 is 1.20 bits per heavy atom. The molecule has 7 rings (SSSR count). The van der Waals surface area contributed by atoms with Crippen molar-refractivity contribution >= 4 is 51.1 Å². The van der Waals surface area contributed by atoms with E-state index < -0.39 is 12.0 Å². The SMILES string of the molecule is CCC1CC(F)CN1.COc1nc(N(C)CC2CN(C(=O)/C=C/c3nc(C(C)C)no3)C2)c2cnc(-c3cccc4cccc(Cl)c34)c(F)c2n1. The Bertz CT molecular complexity index is 2050. The molecule has 2 aliphatic rings. The monoisotopic (exact) mass is 718 g/mol. The number of fused-ring (bicyclic) bond motifs is 2. The van der Waals surface area contributed by atoms with E-state index >= 15 is 4.39 Å². The molecule has 2 atom stereocenters. The molecule has 3 aromatic heterocycles. The first-order valence-electron chi connectivity index (χ1n) is 17.0. The van der Waals surface area contributed by atoms with Crippen LogP contribution in [0.2, 0.25) is 5.02 Å². The van der Waals surface area contributed by atoms with Crippen LogP contribution in [0.5, 0.6) is 6.01 Å². The molecular weight excluding hydrogens is 678 g/mol. The number of benzene rings is 2. The quantitative estimate of drug-likeness (QED) is 0.162. The Kier molecular flexibility index (Phi) is 11.1. The molecule has 5 heterocycles. The summed E-state index contributed by atoms with van der Waals surface area (Å²) in [6, 6.07) is 11.6. The molecule has 5 aromatic rings. The normalized spacial score (nSPS) is 17.6. The first kappa shape index (κ1) is 36.1. The zero-order valence-electron chi connectivity index (χ0n) is 29.2. The van der Waals surface area contributed by atoms with Gasteiger partial charge in [0.25, 0.3) is 5.89 Å². The van der Waals surface area contributed by atoms with E-state index in [9.17, 15) is 9.18 Å². The molecule has 0 spiro atoms. The maximum absolute atomic E-state index is 16.2. The van der Waals surface area contributed by atoms with Crippen LogP contribution in [0.3, 0.4) is 0 Å². The van der Waals surface area contributed by atoms with Gasteiger partial charge < -0.3 is 24.4 Å². The topological polar surface area (TPSA) is 122 Å². The smallest absolute Gasteiger partial charge is 0.318 e. The van der Waals surface area contributed by atoms with Crippen LogP contribution in [0.1, 0.15) is 51.2 Å². The highest BCUT2D eigenvalue weighted by molar-refractivity contribution is 6.36. The molecule has 11 nitrogen and oxygen atoms in total. The van der Waals surface area contributed by atoms with Gasteiger partial charge in [-0.15, -0.1) is 0 Å². The van der Waals surface area contributed by atoms with Crippen LogP contribution in [0.15, 0.2) is 53.2 Å². The van der Waals surface area contributed by atoms with Crippen molar-refractivity contribution in [3.8, 4) is 17.3 Å². The fraction of sp³-hybridized carbons (Fsp3) is 0.405. The molecule has 2 unspecified atom stereocenters. The summed E-state index contributed by atoms with van der Waals surface area (Å²) in [4.78, 5) is 33.9. The summed E-state index contributed by atoms with van der Waals surface area (Å²) in [6.07, 6.45) is 5.74. The number of hydrogen-bond donors (Lipinski definition) is 1. The van der Waals surface area contributed by atoms with Gasteiger partial charge in [-0.2, -0.15) is 15.0 Å². The minimum Gasteiger partial charge on any atom is -0.467 e. The average Bonchev–Trinajstić information content (AvgIpc) is 3.77. The predicted octanol–water partition coefficient (Wildman–Crippen LogP) is 6.86. The van der Waals surface area contributed by atoms with Crippen LogP contribution in [0.4, 0.5) is 14.6 Å². The number of likely N-dealkylation sites (tertiary alicyclic amines) is 1. The molecule has 2 fully saturated rings. The van der Waals surface area contributed by atoms with Gasteiger partial charge in [0.05, 0.1) is 12.5 Å². The second-order valence-electron chi connectivity index (χ2n) is 13.2. The number of hydrogen-bond acceptors (Lipinski definition) is 10. The third-order valence-electron chi connectivity index (χ3n) is 9.10. The summed E-state index contributed by atoms with van der Waals surface area (Å²) in [6.45, 7) is 8.28. The Morgan fingerprint density at radius 3 is 2.61 bits per heavy atom. The van der Waals surface area contributed by atoms with E-state index in [-0.39, 0.29) is 35.0 Å². The Hall–Kier alpha value is -4.75. The van der Waals surface area contributed by atoms with Gasteiger partial charge in [-0.3, -0.25) is 9.78 Å². The minimum atomic E-state index is -0.589. The van der Waals surface area contributed by atoms with Crippen LogP contribution in [0.25, 0.3) is 39.0 Å². The van der Waals surface area contributed by atoms with Crippen LogP contribution < -0.4 is 15.0 Å². The van der Waals surface area contributed by atoms with Crippen LogP contribution in [-0.4, -0.2) is 88.4 Å². The third kappa shape index (κ3) is 7.94. The summed E-state index contributed by atoms with van der Waals surface area (Å²) in [5.41, 5.74) is 0.811. The van der Waals surface area contributed by atoms with Gasteiger partial charge in [0.1, 0.15) is 23.2 Å². The Labute approximate surface area is 300 Å². The number of pyridine rings is 1. The van der Waals surface area contributed by atoms with Crippen molar-refractivity contribution in [1.82, 2.24) is 35.3 Å². The molecule has 1 amide bonds. The fourth-order valence-electron chi connectivity index (χ4n) is 6.30. The number of nitrogens with zero attached hydrogens (tertiary/aromatic N) is 7. The number of amides is 1. The molecule has 268 valence electrons. The van der Waals surface area contributed by atoms with Crippen molar-refractivity contribution < 1.29 is 22.8 Å². The zero-order valence-corrected chi connectivity index (χ0v) is 30.0. The minimum absolute atomic E-state index is 0.0403. The van der Waals surface area contributed by atoms with Gasteiger partial charge in [0.2, 0.25) is 5.91 Å². The molecule has 2 aliphatic heterocycles. The molecular formula is C37H41ClF2N8O3. The predicted molar refractivity (Wildman–Crippen MR) is 194 cm³/mol. The number of carbonyl (C=O) groups is 1. The maximum atomic E-state index is 16.2. The number of ether oxygens (including phenoxy) is 1. The lowest BCUT2D eigenvalue weighted by Gasteiger charge is -2.40. The lowest BCUT2D eigenvalue weighted by Crippen LogP contribution is -2.53. The molecule has 1 N–H and O–H groups in total. The zero-order chi connectivity index (χ0) is 36.2. The van der Waals surface area contributed by atoms with E-state index in [1.54, 1.807) is 23.2 Å². The second-order valence-corrected chi connectivity index (χ2v) is 13.6. The third-order valence-corrected chi connectivity index (χ3v) is 9.42. The lowest BCUT2D eigenvalue weighted by molar-refractivity contribution is -0.131. The molecule has 0 saturated carbocycles. The van der Waals surface area contributed by atoms with Gasteiger partial charge in [0, 0.05) is 85.4 Å². The molecule has 2 aromatic carbocycles. The number of rotatable bonds is 9. The molecule has 0 radical (unpaired) electrons. The van der Waals surface area contributed by atoms with Gasteiger partial charge >= 0.3 is 6.01 Å². The largest absolute Gasteiger partial charge is 0.467 e. The summed E-state index contributed by atoms with van der Waals surface area (Å²) >= 11 is 6.51. The number of nitrogens with one attached hydrogen (secondary N) is 1. The van der Waals surface area contributed by atoms with Crippen molar-refractivity contribution in [2.45, 2.75) is 51.7 Å². The van der Waals surface area contributed by atoms with Gasteiger partial charge in [-0.1, -0.05) is 67.9 Å². The molecule has 2 saturated heterocycles. The highest BCUT2D eigenvalue weighted by Crippen LogP contribution is 2.37. The van der Waals surface area contributed by atoms with Gasteiger partial charge in [-0.05, 0) is 24.3 Å². The Morgan fingerprint density at radius 2 is 1.96 bits per heavy atom. The van der Waals surface area contributed by atoms with Crippen LogP contribution in [-0.2, 0) is 4.79 Å². The highest BCUT2D eigenvalue weighted by Gasteiger charge is 2.31. The number of anilines is 1. The van der Waals surface area contributed by atoms with E-state index in [1.807, 2.05) is 50.1 Å². The first-order chi connectivity index (χ1) is 24.6. The molecule has 0 bridgehead atoms. The van der Waals surface area contributed by atoms with Crippen molar-refractivity contribution in [2.24, 2.45) is 5.92 Å². The second kappa shape index (κ2) is 15.6. The van der Waals surface area contributed by atoms with Crippen molar-refractivity contribution in [2.75, 3.05) is 45.2 Å². The fourth-order valence-corrected chi connectivity index (χ4v) is 6.59. The van der Waals surface area contributed by atoms with Crippen molar-refractivity contribution in [3.05, 3.63) is 71.2 Å². The van der Waals surface area contributed by atoms with Gasteiger partial charge in [-0.25, -0.2) is 8.78 Å². The maximum Gasteiger partial charge on any atom is 0.318 e. The van der Waals surface area contributed by atoms with Crippen molar-refractivity contribution in [3.63, 3.8) is 0 Å². The summed E-state index contributed by atoms with van der Waals surface area (Å²) in [7, 11) is 3.31. The highest BCUT2D eigenvalue weighted by atomic mass is 35.5. The van der Waals surface area contributed by atoms with E-state index in [2.05, 4.69) is 37.3 Å². The van der Waals surface area contributed by atoms with Crippen LogP contribution >= 0.6 is 11.6 Å². The lowest BCUT2D eigenvalue weighted by atomic mass is 9.99. The number of methoxy groups -OCH3 is 1. The molecule has 51 heavy (non-hydrogen) atoms. The van der Waals surface area contributed by atoms with Gasteiger partial charge in [0.15, 0.2) is 11.6 Å². The van der Waals surface area contributed by atoms with E-state index in [4.69, 9.17) is 20.9 Å². The molecule has 0 aliphatic carbocycles. The summed E-state index contributed by atoms with van der Waals surface area (Å²) in [5.74, 6) is 0.975. The van der Waals surface area contributed by atoms with Crippen LogP contribution in [0, 0.1) is 11.7 Å².